The fourth-order valence-electron chi connectivity index (χ4n) is 1.82. The zero-order valence-corrected chi connectivity index (χ0v) is 13.8. The summed E-state index contributed by atoms with van der Waals surface area (Å²) in [5, 5.41) is 6.53. The third kappa shape index (κ3) is 3.47. The summed E-state index contributed by atoms with van der Waals surface area (Å²) in [4.78, 5) is 1.33. The Morgan fingerprint density at radius 3 is 2.83 bits per heavy atom. The molecule has 0 radical (unpaired) electrons. The van der Waals surface area contributed by atoms with Crippen LogP contribution < -0.4 is 5.32 Å². The molecule has 0 amide bonds. The van der Waals surface area contributed by atoms with Gasteiger partial charge in [-0.15, -0.1) is 11.3 Å². The molecule has 96 valence electrons. The van der Waals surface area contributed by atoms with Gasteiger partial charge in [0.05, 0.1) is 11.1 Å². The predicted molar refractivity (Wildman–Crippen MR) is 88.6 cm³/mol. The molecule has 2 aromatic rings. The van der Waals surface area contributed by atoms with Gasteiger partial charge in [0.25, 0.3) is 0 Å². The van der Waals surface area contributed by atoms with Gasteiger partial charge in [-0.2, -0.15) is 0 Å². The molecule has 1 heterocycles. The van der Waals surface area contributed by atoms with Gasteiger partial charge in [0.15, 0.2) is 0 Å². The van der Waals surface area contributed by atoms with E-state index in [1.807, 2.05) is 0 Å². The largest absolute Gasteiger partial charge is 0.306 e. The van der Waals surface area contributed by atoms with Gasteiger partial charge in [-0.1, -0.05) is 30.7 Å². The summed E-state index contributed by atoms with van der Waals surface area (Å²) in [7, 11) is 0. The van der Waals surface area contributed by atoms with Crippen LogP contribution in [0.2, 0.25) is 5.02 Å². The number of halogens is 2. The van der Waals surface area contributed by atoms with Crippen molar-refractivity contribution in [3.63, 3.8) is 0 Å². The van der Waals surface area contributed by atoms with Gasteiger partial charge < -0.3 is 5.32 Å². The van der Waals surface area contributed by atoms with Gasteiger partial charge in [0, 0.05) is 8.45 Å². The second-order valence-corrected chi connectivity index (χ2v) is 6.62. The van der Waals surface area contributed by atoms with Gasteiger partial charge in [-0.05, 0) is 64.7 Å². The second-order valence-electron chi connectivity index (χ2n) is 4.08. The van der Waals surface area contributed by atoms with Crippen LogP contribution in [0.4, 0.5) is 0 Å². The summed E-state index contributed by atoms with van der Waals surface area (Å²) in [6, 6.07) is 10.8. The van der Waals surface area contributed by atoms with E-state index >= 15 is 0 Å². The van der Waals surface area contributed by atoms with E-state index in [0.717, 1.165) is 21.6 Å². The van der Waals surface area contributed by atoms with Crippen molar-refractivity contribution < 1.29 is 0 Å². The molecule has 0 saturated carbocycles. The zero-order valence-electron chi connectivity index (χ0n) is 10.1. The maximum atomic E-state index is 6.22. The van der Waals surface area contributed by atoms with E-state index in [2.05, 4.69) is 70.5 Å². The lowest BCUT2D eigenvalue weighted by atomic mass is 10.1. The van der Waals surface area contributed by atoms with Crippen LogP contribution in [0.1, 0.15) is 29.8 Å². The average molecular weight is 392 g/mol. The molecular formula is C14H15ClINS. The minimum absolute atomic E-state index is 0.249. The van der Waals surface area contributed by atoms with Crippen LogP contribution in [0.5, 0.6) is 0 Å². The maximum Gasteiger partial charge on any atom is 0.0671 e. The van der Waals surface area contributed by atoms with Crippen molar-refractivity contribution in [2.45, 2.75) is 19.4 Å². The van der Waals surface area contributed by atoms with Crippen molar-refractivity contribution in [2.75, 3.05) is 6.54 Å². The highest BCUT2D eigenvalue weighted by Gasteiger charge is 2.15. The summed E-state index contributed by atoms with van der Waals surface area (Å²) in [5.41, 5.74) is 1.23. The third-order valence-corrected chi connectivity index (χ3v) is 5.21. The number of benzene rings is 1. The Labute approximate surface area is 131 Å². The van der Waals surface area contributed by atoms with Crippen LogP contribution in [-0.4, -0.2) is 6.54 Å². The van der Waals surface area contributed by atoms with Crippen LogP contribution in [0, 0.1) is 3.57 Å². The molecule has 0 fully saturated rings. The highest BCUT2D eigenvalue weighted by molar-refractivity contribution is 14.1. The van der Waals surface area contributed by atoms with Gasteiger partial charge in [-0.3, -0.25) is 0 Å². The Hall–Kier alpha value is -0.100. The van der Waals surface area contributed by atoms with E-state index in [0.29, 0.717) is 0 Å². The molecule has 0 saturated heterocycles. The topological polar surface area (TPSA) is 12.0 Å². The van der Waals surface area contributed by atoms with Crippen LogP contribution >= 0.6 is 45.5 Å². The Morgan fingerprint density at radius 1 is 1.39 bits per heavy atom. The standard InChI is InChI=1S/C14H15ClINS/c1-2-7-17-14(13-4-3-8-18-13)10-5-6-12(16)11(15)9-10/h3-6,8-9,14,17H,2,7H2,1H3. The van der Waals surface area contributed by atoms with E-state index in [-0.39, 0.29) is 6.04 Å². The predicted octanol–water partition coefficient (Wildman–Crippen LogP) is 5.10. The summed E-state index contributed by atoms with van der Waals surface area (Å²) in [6.07, 6.45) is 1.12. The first-order chi connectivity index (χ1) is 8.72. The highest BCUT2D eigenvalue weighted by atomic mass is 127. The quantitative estimate of drug-likeness (QED) is 0.700. The summed E-state index contributed by atoms with van der Waals surface area (Å²) >= 11 is 10.3. The van der Waals surface area contributed by atoms with Gasteiger partial charge in [0.1, 0.15) is 0 Å². The first-order valence-corrected chi connectivity index (χ1v) is 8.27. The van der Waals surface area contributed by atoms with Crippen LogP contribution in [0.3, 0.4) is 0 Å². The van der Waals surface area contributed by atoms with Crippen LogP contribution in [-0.2, 0) is 0 Å². The van der Waals surface area contributed by atoms with E-state index in [1.165, 1.54) is 10.4 Å². The second kappa shape index (κ2) is 6.89. The van der Waals surface area contributed by atoms with Gasteiger partial charge in [-0.25, -0.2) is 0 Å². The first kappa shape index (κ1) is 14.3. The van der Waals surface area contributed by atoms with Crippen LogP contribution in [0.25, 0.3) is 0 Å². The normalized spacial score (nSPS) is 12.6. The van der Waals surface area contributed by atoms with Crippen molar-refractivity contribution in [1.82, 2.24) is 5.32 Å². The molecule has 1 atom stereocenters. The fraction of sp³-hybridized carbons (Fsp3) is 0.286. The van der Waals surface area contributed by atoms with E-state index in [4.69, 9.17) is 11.6 Å². The van der Waals surface area contributed by atoms with Crippen molar-refractivity contribution in [2.24, 2.45) is 0 Å². The summed E-state index contributed by atoms with van der Waals surface area (Å²) in [6.45, 7) is 3.19. The van der Waals surface area contributed by atoms with Crippen molar-refractivity contribution in [3.05, 3.63) is 54.7 Å². The molecule has 18 heavy (non-hydrogen) atoms. The van der Waals surface area contributed by atoms with Crippen molar-refractivity contribution >= 4 is 45.5 Å². The Bertz CT molecular complexity index is 499. The third-order valence-electron chi connectivity index (χ3n) is 2.70. The maximum absolute atomic E-state index is 6.22. The molecule has 2 rings (SSSR count). The average Bonchev–Trinajstić information content (AvgIpc) is 2.88. The van der Waals surface area contributed by atoms with E-state index < -0.39 is 0 Å². The minimum atomic E-state index is 0.249. The van der Waals surface area contributed by atoms with Crippen molar-refractivity contribution in [1.29, 1.82) is 0 Å². The zero-order chi connectivity index (χ0) is 13.0. The molecule has 0 aliphatic heterocycles. The van der Waals surface area contributed by atoms with Crippen molar-refractivity contribution in [3.8, 4) is 0 Å². The molecule has 1 aromatic heterocycles. The molecule has 1 N–H and O–H groups in total. The molecule has 0 aliphatic rings. The molecule has 0 bridgehead atoms. The Kier molecular flexibility index (Phi) is 5.48. The SMILES string of the molecule is CCCNC(c1ccc(I)c(Cl)c1)c1cccs1. The Morgan fingerprint density at radius 2 is 2.22 bits per heavy atom. The van der Waals surface area contributed by atoms with Crippen LogP contribution in [0.15, 0.2) is 35.7 Å². The number of rotatable bonds is 5. The number of thiophene rings is 1. The molecule has 4 heteroatoms. The molecular weight excluding hydrogens is 377 g/mol. The summed E-state index contributed by atoms with van der Waals surface area (Å²) in [5.74, 6) is 0. The molecule has 0 aliphatic carbocycles. The highest BCUT2D eigenvalue weighted by Crippen LogP contribution is 2.29. The lowest BCUT2D eigenvalue weighted by Crippen LogP contribution is -2.22. The first-order valence-electron chi connectivity index (χ1n) is 5.94. The number of nitrogens with one attached hydrogen (secondary N) is 1. The minimum Gasteiger partial charge on any atom is -0.306 e. The summed E-state index contributed by atoms with van der Waals surface area (Å²) < 4.78 is 1.10. The molecule has 1 aromatic carbocycles. The lowest BCUT2D eigenvalue weighted by molar-refractivity contribution is 0.606. The van der Waals surface area contributed by atoms with Gasteiger partial charge >= 0.3 is 0 Å². The molecule has 1 nitrogen and oxygen atoms in total. The fourth-order valence-corrected chi connectivity index (χ4v) is 3.17. The molecule has 0 spiro atoms. The monoisotopic (exact) mass is 391 g/mol. The smallest absolute Gasteiger partial charge is 0.0671 e. The Balaban J connectivity index is 2.30. The number of hydrogen-bond acceptors (Lipinski definition) is 2. The van der Waals surface area contributed by atoms with Gasteiger partial charge in [0.2, 0.25) is 0 Å². The number of hydrogen-bond donors (Lipinski definition) is 1. The molecule has 1 unspecified atom stereocenters. The van der Waals surface area contributed by atoms with E-state index in [1.54, 1.807) is 11.3 Å². The van der Waals surface area contributed by atoms with E-state index in [9.17, 15) is 0 Å². The lowest BCUT2D eigenvalue weighted by Gasteiger charge is -2.18.